The van der Waals surface area contributed by atoms with Gasteiger partial charge in [-0.1, -0.05) is 42.3 Å². The van der Waals surface area contributed by atoms with Gasteiger partial charge in [-0.05, 0) is 30.3 Å². The third-order valence-corrected chi connectivity index (χ3v) is 4.23. The van der Waals surface area contributed by atoms with Gasteiger partial charge < -0.3 is 15.0 Å². The van der Waals surface area contributed by atoms with Gasteiger partial charge in [0.15, 0.2) is 0 Å². The van der Waals surface area contributed by atoms with Crippen LogP contribution in [0.15, 0.2) is 48.5 Å². The first kappa shape index (κ1) is 18.5. The molecule has 6 nitrogen and oxygen atoms in total. The fourth-order valence-corrected chi connectivity index (χ4v) is 2.70. The minimum Gasteiger partial charge on any atom is -0.496 e. The van der Waals surface area contributed by atoms with Crippen LogP contribution in [0, 0.1) is 11.8 Å². The second kappa shape index (κ2) is 8.36. The smallest absolute Gasteiger partial charge is 0.268 e. The summed E-state index contributed by atoms with van der Waals surface area (Å²) >= 11 is 4.93. The van der Waals surface area contributed by atoms with Crippen LogP contribution in [0.1, 0.15) is 21.6 Å². The van der Waals surface area contributed by atoms with Gasteiger partial charge in [0.2, 0.25) is 0 Å². The van der Waals surface area contributed by atoms with Crippen LogP contribution in [-0.2, 0) is 0 Å². The molecule has 1 aromatic heterocycles. The summed E-state index contributed by atoms with van der Waals surface area (Å²) in [6, 6.07) is 14.4. The first-order valence-corrected chi connectivity index (χ1v) is 8.50. The third-order valence-electron chi connectivity index (χ3n) is 3.91. The average Bonchev–Trinajstić information content (AvgIpc) is 3.15. The molecule has 4 N–H and O–H groups in total. The number of hydroxylamine groups is 1. The summed E-state index contributed by atoms with van der Waals surface area (Å²) < 4.78 is 5.30. The van der Waals surface area contributed by atoms with Gasteiger partial charge in [0.1, 0.15) is 16.4 Å². The van der Waals surface area contributed by atoms with Gasteiger partial charge in [0.05, 0.1) is 13.7 Å². The molecule has 7 heteroatoms. The van der Waals surface area contributed by atoms with Crippen LogP contribution in [0.2, 0.25) is 0 Å². The van der Waals surface area contributed by atoms with Gasteiger partial charge in [-0.3, -0.25) is 15.5 Å². The number of ether oxygens (including phenoxy) is 1. The molecule has 0 aliphatic heterocycles. The maximum Gasteiger partial charge on any atom is 0.268 e. The molecule has 3 rings (SSSR count). The number of methoxy groups -OCH3 is 1. The Balaban J connectivity index is 1.62. The highest BCUT2D eigenvalue weighted by molar-refractivity contribution is 7.80. The monoisotopic (exact) mass is 379 g/mol. The molecule has 0 aliphatic rings. The molecule has 0 bridgehead atoms. The summed E-state index contributed by atoms with van der Waals surface area (Å²) in [5.74, 6) is 6.33. The predicted octanol–water partition coefficient (Wildman–Crippen LogP) is 2.61. The zero-order chi connectivity index (χ0) is 19.2. The molecule has 3 aromatic rings. The van der Waals surface area contributed by atoms with Crippen molar-refractivity contribution in [2.75, 3.05) is 13.7 Å². The Morgan fingerprint density at radius 3 is 2.74 bits per heavy atom. The van der Waals surface area contributed by atoms with E-state index in [1.54, 1.807) is 37.4 Å². The topological polar surface area (TPSA) is 86.4 Å². The SMILES string of the molecule is COc1cccc2[nH]c(C(=O)NCC#Cc3ccc(C(=S)NO)cc3)cc12. The average molecular weight is 379 g/mol. The quantitative estimate of drug-likeness (QED) is 0.318. The first-order valence-electron chi connectivity index (χ1n) is 8.09. The molecule has 0 saturated carbocycles. The van der Waals surface area contributed by atoms with Crippen LogP contribution in [-0.4, -0.2) is 34.7 Å². The maximum atomic E-state index is 12.3. The Bertz CT molecular complexity index is 1050. The number of carbonyl (C=O) groups is 1. The predicted molar refractivity (Wildman–Crippen MR) is 107 cm³/mol. The molecule has 0 spiro atoms. The molecular formula is C20H17N3O3S. The van der Waals surface area contributed by atoms with Gasteiger partial charge in [0.25, 0.3) is 5.91 Å². The molecule has 1 heterocycles. The minimum absolute atomic E-state index is 0.212. The van der Waals surface area contributed by atoms with E-state index in [4.69, 9.17) is 22.2 Å². The number of rotatable bonds is 4. The number of nitrogens with one attached hydrogen (secondary N) is 3. The fraction of sp³-hybridized carbons (Fsp3) is 0.100. The number of aromatic nitrogens is 1. The highest BCUT2D eigenvalue weighted by atomic mass is 32.1. The van der Waals surface area contributed by atoms with Gasteiger partial charge in [-0.25, -0.2) is 0 Å². The van der Waals surface area contributed by atoms with Crippen molar-refractivity contribution in [1.29, 1.82) is 0 Å². The highest BCUT2D eigenvalue weighted by Gasteiger charge is 2.11. The van der Waals surface area contributed by atoms with Crippen molar-refractivity contribution >= 4 is 34.0 Å². The standard InChI is InChI=1S/C20H17N3O3S/c1-26-18-6-2-5-16-15(18)12-17(22-16)19(24)21-11-3-4-13-7-9-14(10-8-13)20(27)23-25/h2,5-10,12,22,25H,11H2,1H3,(H,21,24)(H,23,27). The number of hydrogen-bond acceptors (Lipinski definition) is 4. The second-order valence-electron chi connectivity index (χ2n) is 5.61. The van der Waals surface area contributed by atoms with Crippen molar-refractivity contribution in [3.05, 3.63) is 65.4 Å². The van der Waals surface area contributed by atoms with Gasteiger partial charge in [-0.2, -0.15) is 0 Å². The molecule has 0 radical (unpaired) electrons. The Hall–Kier alpha value is -3.34. The molecule has 0 atom stereocenters. The lowest BCUT2D eigenvalue weighted by atomic mass is 10.1. The Morgan fingerprint density at radius 2 is 2.04 bits per heavy atom. The van der Waals surface area contributed by atoms with Crippen LogP contribution >= 0.6 is 12.2 Å². The number of thiocarbonyl (C=S) groups is 1. The van der Waals surface area contributed by atoms with Crippen molar-refractivity contribution in [2.24, 2.45) is 0 Å². The molecule has 0 unspecified atom stereocenters. The Morgan fingerprint density at radius 1 is 1.26 bits per heavy atom. The fourth-order valence-electron chi connectivity index (χ4n) is 2.56. The summed E-state index contributed by atoms with van der Waals surface area (Å²) in [4.78, 5) is 15.6. The van der Waals surface area contributed by atoms with Crippen molar-refractivity contribution in [3.63, 3.8) is 0 Å². The number of amides is 1. The summed E-state index contributed by atoms with van der Waals surface area (Å²) in [7, 11) is 1.59. The summed E-state index contributed by atoms with van der Waals surface area (Å²) in [5.41, 5.74) is 4.70. The number of hydrogen-bond donors (Lipinski definition) is 4. The van der Waals surface area contributed by atoms with Crippen molar-refractivity contribution < 1.29 is 14.7 Å². The molecule has 27 heavy (non-hydrogen) atoms. The number of carbonyl (C=O) groups excluding carboxylic acids is 1. The van der Waals surface area contributed by atoms with Crippen LogP contribution in [0.5, 0.6) is 5.75 Å². The van der Waals surface area contributed by atoms with E-state index in [9.17, 15) is 4.79 Å². The van der Waals surface area contributed by atoms with Gasteiger partial charge in [0, 0.05) is 22.0 Å². The third kappa shape index (κ3) is 4.26. The molecule has 0 aliphatic carbocycles. The zero-order valence-corrected chi connectivity index (χ0v) is 15.3. The second-order valence-corrected chi connectivity index (χ2v) is 6.02. The highest BCUT2D eigenvalue weighted by Crippen LogP contribution is 2.25. The van der Waals surface area contributed by atoms with E-state index in [2.05, 4.69) is 22.1 Å². The first-order chi connectivity index (χ1) is 13.1. The van der Waals surface area contributed by atoms with Crippen LogP contribution in [0.4, 0.5) is 0 Å². The van der Waals surface area contributed by atoms with Crippen LogP contribution in [0.3, 0.4) is 0 Å². The van der Waals surface area contributed by atoms with Crippen molar-refractivity contribution in [1.82, 2.24) is 15.8 Å². The van der Waals surface area contributed by atoms with E-state index in [-0.39, 0.29) is 17.4 Å². The largest absolute Gasteiger partial charge is 0.496 e. The minimum atomic E-state index is -0.239. The van der Waals surface area contributed by atoms with Crippen LogP contribution in [0.25, 0.3) is 10.9 Å². The van der Waals surface area contributed by atoms with E-state index in [1.807, 2.05) is 23.7 Å². The molecule has 0 saturated heterocycles. The Labute approximate surface area is 161 Å². The molecular weight excluding hydrogens is 362 g/mol. The van der Waals surface area contributed by atoms with Crippen molar-refractivity contribution in [3.8, 4) is 17.6 Å². The van der Waals surface area contributed by atoms with Crippen molar-refractivity contribution in [2.45, 2.75) is 0 Å². The molecule has 0 fully saturated rings. The van der Waals surface area contributed by atoms with E-state index >= 15 is 0 Å². The summed E-state index contributed by atoms with van der Waals surface area (Å²) in [6.45, 7) is 0.212. The molecule has 136 valence electrons. The van der Waals surface area contributed by atoms with Gasteiger partial charge in [-0.15, -0.1) is 0 Å². The van der Waals surface area contributed by atoms with Gasteiger partial charge >= 0.3 is 0 Å². The zero-order valence-electron chi connectivity index (χ0n) is 14.5. The number of fused-ring (bicyclic) bond motifs is 1. The van der Waals surface area contributed by atoms with E-state index in [1.165, 1.54) is 0 Å². The number of H-pyrrole nitrogens is 1. The number of benzene rings is 2. The number of aromatic amines is 1. The lowest BCUT2D eigenvalue weighted by Crippen LogP contribution is -2.23. The summed E-state index contributed by atoms with van der Waals surface area (Å²) in [5, 5.41) is 12.4. The molecule has 1 amide bonds. The Kier molecular flexibility index (Phi) is 5.71. The van der Waals surface area contributed by atoms with E-state index < -0.39 is 0 Å². The van der Waals surface area contributed by atoms with E-state index in [0.717, 1.165) is 16.5 Å². The normalized spacial score (nSPS) is 10.0. The summed E-state index contributed by atoms with van der Waals surface area (Å²) in [6.07, 6.45) is 0. The molecule has 2 aromatic carbocycles. The maximum absolute atomic E-state index is 12.3. The van der Waals surface area contributed by atoms with E-state index in [0.29, 0.717) is 17.0 Å². The van der Waals surface area contributed by atoms with Crippen LogP contribution < -0.4 is 15.5 Å². The lowest BCUT2D eigenvalue weighted by molar-refractivity contribution is 0.0954. The lowest BCUT2D eigenvalue weighted by Gasteiger charge is -2.01.